The van der Waals surface area contributed by atoms with Crippen molar-refractivity contribution in [2.24, 2.45) is 0 Å². The Morgan fingerprint density at radius 2 is 1.27 bits per heavy atom. The van der Waals surface area contributed by atoms with Gasteiger partial charge in [0.15, 0.2) is 5.65 Å². The maximum absolute atomic E-state index is 5.47. The largest absolute Gasteiger partial charge is 0.301 e. The summed E-state index contributed by atoms with van der Waals surface area (Å²) in [6, 6.07) is 49.5. The average molecular weight is 593 g/mol. The number of thiophene rings is 1. The summed E-state index contributed by atoms with van der Waals surface area (Å²) < 4.78 is 6.94. The lowest BCUT2D eigenvalue weighted by Crippen LogP contribution is -2.05. The average Bonchev–Trinajstić information content (AvgIpc) is 3.80. The van der Waals surface area contributed by atoms with Crippen molar-refractivity contribution in [3.63, 3.8) is 0 Å². The Morgan fingerprint density at radius 1 is 0.511 bits per heavy atom. The van der Waals surface area contributed by atoms with E-state index in [0.717, 1.165) is 39.0 Å². The van der Waals surface area contributed by atoms with E-state index in [2.05, 4.69) is 149 Å². The number of fused-ring (bicyclic) bond motifs is 9. The zero-order valence-corrected chi connectivity index (χ0v) is 24.9. The number of para-hydroxylation sites is 2. The van der Waals surface area contributed by atoms with Gasteiger partial charge < -0.3 is 4.57 Å². The van der Waals surface area contributed by atoms with E-state index in [1.54, 1.807) is 0 Å². The Balaban J connectivity index is 1.36. The van der Waals surface area contributed by atoms with Gasteiger partial charge >= 0.3 is 0 Å². The molecule has 4 aromatic heterocycles. The Labute approximate surface area is 262 Å². The van der Waals surface area contributed by atoms with E-state index in [1.165, 1.54) is 41.7 Å². The monoisotopic (exact) mass is 592 g/mol. The second-order valence-corrected chi connectivity index (χ2v) is 12.5. The molecule has 0 fully saturated rings. The zero-order valence-electron chi connectivity index (χ0n) is 24.1. The fourth-order valence-electron chi connectivity index (χ4n) is 6.99. The van der Waals surface area contributed by atoms with Crippen LogP contribution in [0.4, 0.5) is 0 Å². The first-order valence-corrected chi connectivity index (χ1v) is 15.9. The zero-order chi connectivity index (χ0) is 29.5. The van der Waals surface area contributed by atoms with Gasteiger partial charge in [0.25, 0.3) is 0 Å². The second-order valence-electron chi connectivity index (χ2n) is 11.4. The van der Waals surface area contributed by atoms with E-state index < -0.39 is 0 Å². The van der Waals surface area contributed by atoms with Gasteiger partial charge in [0.2, 0.25) is 5.95 Å². The summed E-state index contributed by atoms with van der Waals surface area (Å²) in [5, 5.41) is 8.43. The highest BCUT2D eigenvalue weighted by Gasteiger charge is 2.22. The minimum absolute atomic E-state index is 0.660. The second kappa shape index (κ2) is 9.36. The number of hydrogen-bond acceptors (Lipinski definition) is 3. The van der Waals surface area contributed by atoms with Crippen LogP contribution >= 0.6 is 11.3 Å². The summed E-state index contributed by atoms with van der Waals surface area (Å²) in [4.78, 5) is 10.8. The molecule has 0 aliphatic rings. The van der Waals surface area contributed by atoms with Crippen LogP contribution in [-0.4, -0.2) is 19.1 Å². The molecule has 0 saturated carbocycles. The van der Waals surface area contributed by atoms with Crippen molar-refractivity contribution < 1.29 is 0 Å². The molecule has 0 spiro atoms. The molecule has 4 nitrogen and oxygen atoms in total. The lowest BCUT2D eigenvalue weighted by molar-refractivity contribution is 0.989. The minimum Gasteiger partial charge on any atom is -0.301 e. The number of rotatable bonds is 3. The molecule has 10 aromatic rings. The number of hydrogen-bond donors (Lipinski definition) is 0. The van der Waals surface area contributed by atoms with Gasteiger partial charge in [-0.05, 0) is 47.2 Å². The molecule has 0 aliphatic heterocycles. The molecular formula is C40H24N4S. The molecule has 0 atom stereocenters. The molecule has 0 radical (unpaired) electrons. The molecule has 210 valence electrons. The van der Waals surface area contributed by atoms with Crippen molar-refractivity contribution in [1.82, 2.24) is 19.1 Å². The lowest BCUT2D eigenvalue weighted by atomic mass is 10.0. The summed E-state index contributed by atoms with van der Waals surface area (Å²) in [6.45, 7) is 0. The fraction of sp³-hybridized carbons (Fsp3) is 0. The van der Waals surface area contributed by atoms with E-state index in [1.807, 2.05) is 17.4 Å². The highest BCUT2D eigenvalue weighted by Crippen LogP contribution is 2.42. The van der Waals surface area contributed by atoms with E-state index in [-0.39, 0.29) is 0 Å². The molecule has 0 amide bonds. The third kappa shape index (κ3) is 3.53. The summed E-state index contributed by atoms with van der Waals surface area (Å²) >= 11 is 1.83. The molecule has 6 aromatic carbocycles. The molecule has 0 unspecified atom stereocenters. The van der Waals surface area contributed by atoms with Crippen molar-refractivity contribution >= 4 is 75.1 Å². The maximum Gasteiger partial charge on any atom is 0.237 e. The first-order chi connectivity index (χ1) is 22.3. The molecule has 45 heavy (non-hydrogen) atoms. The summed E-state index contributed by atoms with van der Waals surface area (Å²) in [6.07, 6.45) is 2.12. The van der Waals surface area contributed by atoms with Gasteiger partial charge in [-0.25, -0.2) is 4.98 Å². The van der Waals surface area contributed by atoms with Crippen LogP contribution in [0.5, 0.6) is 0 Å². The Morgan fingerprint density at radius 3 is 2.18 bits per heavy atom. The van der Waals surface area contributed by atoms with Crippen molar-refractivity contribution in [2.45, 2.75) is 0 Å². The maximum atomic E-state index is 5.47. The normalized spacial score (nSPS) is 12.0. The van der Waals surface area contributed by atoms with Crippen LogP contribution < -0.4 is 0 Å². The van der Waals surface area contributed by atoms with E-state index in [9.17, 15) is 0 Å². The Bertz CT molecular complexity index is 2770. The molecule has 5 heteroatoms. The van der Waals surface area contributed by atoms with Crippen LogP contribution in [0, 0.1) is 0 Å². The van der Waals surface area contributed by atoms with Crippen LogP contribution in [0.2, 0.25) is 0 Å². The molecule has 4 heterocycles. The predicted octanol–water partition coefficient (Wildman–Crippen LogP) is 10.7. The quantitative estimate of drug-likeness (QED) is 0.205. The van der Waals surface area contributed by atoms with Crippen LogP contribution in [0.15, 0.2) is 146 Å². The number of benzene rings is 6. The van der Waals surface area contributed by atoms with Crippen molar-refractivity contribution in [3.05, 3.63) is 146 Å². The van der Waals surface area contributed by atoms with Gasteiger partial charge in [-0.3, -0.25) is 4.57 Å². The minimum atomic E-state index is 0.660. The number of nitrogens with zero attached hydrogens (tertiary/aromatic N) is 4. The van der Waals surface area contributed by atoms with Crippen LogP contribution in [0.25, 0.3) is 86.7 Å². The molecule has 0 N–H and O–H groups in total. The summed E-state index contributed by atoms with van der Waals surface area (Å²) in [7, 11) is 0. The third-order valence-corrected chi connectivity index (χ3v) is 10.2. The lowest BCUT2D eigenvalue weighted by Gasteiger charge is -2.12. The molecule has 10 rings (SSSR count). The third-order valence-electron chi connectivity index (χ3n) is 8.99. The topological polar surface area (TPSA) is 35.6 Å². The Hall–Kier alpha value is -5.78. The van der Waals surface area contributed by atoms with Gasteiger partial charge in [-0.2, -0.15) is 4.98 Å². The van der Waals surface area contributed by atoms with Crippen molar-refractivity contribution in [1.29, 1.82) is 0 Å². The van der Waals surface area contributed by atoms with Crippen molar-refractivity contribution in [2.75, 3.05) is 0 Å². The highest BCUT2D eigenvalue weighted by molar-refractivity contribution is 7.26. The highest BCUT2D eigenvalue weighted by atomic mass is 32.1. The smallest absolute Gasteiger partial charge is 0.237 e. The van der Waals surface area contributed by atoms with Gasteiger partial charge in [0, 0.05) is 53.8 Å². The SMILES string of the molecule is c1ccc(-n2ccc3c(-c4cccc5c4sc4ccccc45)nc(-n4c5ccccc5c5c6ccccc6ccc54)nc32)cc1. The first kappa shape index (κ1) is 24.6. The summed E-state index contributed by atoms with van der Waals surface area (Å²) in [5.74, 6) is 0.660. The first-order valence-electron chi connectivity index (χ1n) is 15.1. The number of aromatic nitrogens is 4. The van der Waals surface area contributed by atoms with Crippen LogP contribution in [-0.2, 0) is 0 Å². The van der Waals surface area contributed by atoms with E-state index in [0.29, 0.717) is 5.95 Å². The van der Waals surface area contributed by atoms with Crippen LogP contribution in [0.1, 0.15) is 0 Å². The van der Waals surface area contributed by atoms with Gasteiger partial charge in [-0.15, -0.1) is 11.3 Å². The van der Waals surface area contributed by atoms with Crippen molar-refractivity contribution in [3.8, 4) is 22.9 Å². The van der Waals surface area contributed by atoms with Gasteiger partial charge in [0.05, 0.1) is 16.7 Å². The predicted molar refractivity (Wildman–Crippen MR) is 189 cm³/mol. The Kier molecular flexibility index (Phi) is 5.12. The van der Waals surface area contributed by atoms with Gasteiger partial charge in [-0.1, -0.05) is 103 Å². The molecule has 0 aliphatic carbocycles. The van der Waals surface area contributed by atoms with Crippen LogP contribution in [0.3, 0.4) is 0 Å². The molecular weight excluding hydrogens is 569 g/mol. The summed E-state index contributed by atoms with van der Waals surface area (Å²) in [5.41, 5.74) is 6.19. The van der Waals surface area contributed by atoms with E-state index in [4.69, 9.17) is 9.97 Å². The van der Waals surface area contributed by atoms with Gasteiger partial charge in [0.1, 0.15) is 0 Å². The standard InChI is InChI=1S/C40H24N4S/c1-2-12-26(13-3-1)43-24-23-32-37(31-18-10-17-29-28-15-7-9-20-35(28)45-38(29)31)41-40(42-39(32)43)44-33-19-8-6-16-30(33)36-27-14-5-4-11-25(27)21-22-34(36)44/h1-24H. The fourth-order valence-corrected chi connectivity index (χ4v) is 8.21. The van der Waals surface area contributed by atoms with E-state index >= 15 is 0 Å². The molecule has 0 bridgehead atoms. The molecule has 0 saturated heterocycles.